The van der Waals surface area contributed by atoms with Gasteiger partial charge in [0.05, 0.1) is 6.42 Å². The summed E-state index contributed by atoms with van der Waals surface area (Å²) in [6.45, 7) is 6.09. The number of nitrogens with one attached hydrogen (secondary N) is 1. The van der Waals surface area contributed by atoms with Crippen LogP contribution in [0.5, 0.6) is 0 Å². The van der Waals surface area contributed by atoms with Crippen molar-refractivity contribution in [2.75, 3.05) is 17.7 Å². The lowest BCUT2D eigenvalue weighted by Gasteiger charge is -2.10. The zero-order valence-corrected chi connectivity index (χ0v) is 17.0. The molecular weight excluding hydrogens is 358 g/mol. The molecule has 0 fully saturated rings. The van der Waals surface area contributed by atoms with Crippen molar-refractivity contribution in [1.82, 2.24) is 0 Å². The summed E-state index contributed by atoms with van der Waals surface area (Å²) in [5, 5.41) is 2.75. The average molecular weight is 386 g/mol. The van der Waals surface area contributed by atoms with E-state index < -0.39 is 0 Å². The first-order chi connectivity index (χ1) is 13.0. The van der Waals surface area contributed by atoms with Gasteiger partial charge < -0.3 is 10.1 Å². The number of thioether (sulfide) groups is 1. The smallest absolute Gasteiger partial charge is 0.307 e. The third kappa shape index (κ3) is 7.47. The number of anilines is 1. The number of aryl methyl sites for hydroxylation is 1. The van der Waals surface area contributed by atoms with Gasteiger partial charge in [0, 0.05) is 16.3 Å². The summed E-state index contributed by atoms with van der Waals surface area (Å²) < 4.78 is 5.05. The van der Waals surface area contributed by atoms with Crippen LogP contribution in [-0.4, -0.2) is 24.2 Å². The highest BCUT2D eigenvalue weighted by molar-refractivity contribution is 7.99. The molecule has 1 N–H and O–H groups in total. The number of hydrogen-bond donors (Lipinski definition) is 1. The molecule has 0 unspecified atom stereocenters. The molecule has 0 aliphatic heterocycles. The molecule has 2 aromatic rings. The second-order valence-electron chi connectivity index (χ2n) is 6.55. The van der Waals surface area contributed by atoms with E-state index in [1.165, 1.54) is 11.1 Å². The Labute approximate surface area is 165 Å². The highest BCUT2D eigenvalue weighted by atomic mass is 32.2. The molecule has 1 atom stereocenters. The molecule has 144 valence electrons. The molecule has 0 saturated carbocycles. The second-order valence-corrected chi connectivity index (χ2v) is 7.72. The molecule has 2 rings (SSSR count). The van der Waals surface area contributed by atoms with Gasteiger partial charge in [-0.3, -0.25) is 9.59 Å². The van der Waals surface area contributed by atoms with Crippen LogP contribution in [0.15, 0.2) is 53.4 Å². The number of rotatable bonds is 9. The summed E-state index contributed by atoms with van der Waals surface area (Å²) >= 11 is 1.60. The molecule has 4 nitrogen and oxygen atoms in total. The van der Waals surface area contributed by atoms with Crippen molar-refractivity contribution in [3.63, 3.8) is 0 Å². The Morgan fingerprint density at radius 2 is 1.74 bits per heavy atom. The van der Waals surface area contributed by atoms with Crippen molar-refractivity contribution in [3.05, 3.63) is 59.7 Å². The summed E-state index contributed by atoms with van der Waals surface area (Å²) in [6, 6.07) is 15.9. The van der Waals surface area contributed by atoms with Gasteiger partial charge in [-0.05, 0) is 49.1 Å². The quantitative estimate of drug-likeness (QED) is 0.478. The van der Waals surface area contributed by atoms with Gasteiger partial charge in [0.15, 0.2) is 6.61 Å². The minimum atomic E-state index is -0.364. The number of ether oxygens (including phenoxy) is 1. The monoisotopic (exact) mass is 385 g/mol. The van der Waals surface area contributed by atoms with Crippen LogP contribution >= 0.6 is 11.8 Å². The Morgan fingerprint density at radius 1 is 1.07 bits per heavy atom. The number of esters is 1. The van der Waals surface area contributed by atoms with Gasteiger partial charge in [0.25, 0.3) is 5.91 Å². The largest absolute Gasteiger partial charge is 0.456 e. The predicted octanol–water partition coefficient (Wildman–Crippen LogP) is 5.17. The van der Waals surface area contributed by atoms with Gasteiger partial charge in [0.1, 0.15) is 0 Å². The third-order valence-corrected chi connectivity index (χ3v) is 5.35. The fourth-order valence-corrected chi connectivity index (χ4v) is 3.27. The lowest BCUT2D eigenvalue weighted by atomic mass is 9.99. The number of amides is 1. The standard InChI is InChI=1S/C22H27NO3S/c1-4-17(3)18-7-9-19(10-8-18)23-21(24)15-26-22(25)13-14-27-20-11-5-16(2)6-12-20/h5-12,17H,4,13-15H2,1-3H3,(H,23,24)/t17-/m1/s1. The fraction of sp³-hybridized carbons (Fsp3) is 0.364. The second kappa shape index (κ2) is 10.8. The maximum atomic E-state index is 11.9. The van der Waals surface area contributed by atoms with Crippen LogP contribution in [0.25, 0.3) is 0 Å². The Hall–Kier alpha value is -2.27. The van der Waals surface area contributed by atoms with E-state index in [-0.39, 0.29) is 24.9 Å². The van der Waals surface area contributed by atoms with E-state index in [0.29, 0.717) is 17.4 Å². The molecule has 0 saturated heterocycles. The molecule has 0 aromatic heterocycles. The number of hydrogen-bond acceptors (Lipinski definition) is 4. The van der Waals surface area contributed by atoms with E-state index >= 15 is 0 Å². The zero-order valence-electron chi connectivity index (χ0n) is 16.2. The highest BCUT2D eigenvalue weighted by Gasteiger charge is 2.09. The van der Waals surface area contributed by atoms with Crippen molar-refractivity contribution in [2.45, 2.75) is 44.4 Å². The molecule has 2 aromatic carbocycles. The van der Waals surface area contributed by atoms with Crippen LogP contribution in [0.3, 0.4) is 0 Å². The number of carbonyl (C=O) groups excluding carboxylic acids is 2. The molecule has 0 spiro atoms. The third-order valence-electron chi connectivity index (χ3n) is 4.34. The van der Waals surface area contributed by atoms with Crippen LogP contribution in [0.4, 0.5) is 5.69 Å². The molecule has 0 aliphatic rings. The van der Waals surface area contributed by atoms with Crippen molar-refractivity contribution in [3.8, 4) is 0 Å². The first kappa shape index (κ1) is 21.0. The maximum Gasteiger partial charge on any atom is 0.307 e. The first-order valence-electron chi connectivity index (χ1n) is 9.23. The van der Waals surface area contributed by atoms with Crippen LogP contribution in [0, 0.1) is 6.92 Å². The molecule has 0 radical (unpaired) electrons. The molecule has 0 heterocycles. The SMILES string of the molecule is CC[C@@H](C)c1ccc(NC(=O)COC(=O)CCSc2ccc(C)cc2)cc1. The summed E-state index contributed by atoms with van der Waals surface area (Å²) in [5.74, 6) is 0.428. The van der Waals surface area contributed by atoms with E-state index in [1.54, 1.807) is 11.8 Å². The lowest BCUT2D eigenvalue weighted by molar-refractivity contribution is -0.146. The van der Waals surface area contributed by atoms with E-state index in [2.05, 4.69) is 19.2 Å². The molecule has 27 heavy (non-hydrogen) atoms. The van der Waals surface area contributed by atoms with Crippen LogP contribution in [0.1, 0.15) is 43.7 Å². The summed E-state index contributed by atoms with van der Waals surface area (Å²) in [5.41, 5.74) is 3.16. The van der Waals surface area contributed by atoms with Gasteiger partial charge in [-0.1, -0.05) is 43.7 Å². The van der Waals surface area contributed by atoms with Gasteiger partial charge in [-0.25, -0.2) is 0 Å². The average Bonchev–Trinajstić information content (AvgIpc) is 2.68. The molecule has 1 amide bonds. The Morgan fingerprint density at radius 3 is 2.37 bits per heavy atom. The van der Waals surface area contributed by atoms with Crippen LogP contribution < -0.4 is 5.32 Å². The highest BCUT2D eigenvalue weighted by Crippen LogP contribution is 2.21. The van der Waals surface area contributed by atoms with E-state index in [4.69, 9.17) is 4.74 Å². The van der Waals surface area contributed by atoms with Gasteiger partial charge in [-0.15, -0.1) is 11.8 Å². The van der Waals surface area contributed by atoms with Gasteiger partial charge >= 0.3 is 5.97 Å². The first-order valence-corrected chi connectivity index (χ1v) is 10.2. The lowest BCUT2D eigenvalue weighted by Crippen LogP contribution is -2.21. The van der Waals surface area contributed by atoms with E-state index in [9.17, 15) is 9.59 Å². The van der Waals surface area contributed by atoms with Gasteiger partial charge in [0.2, 0.25) is 0 Å². The molecule has 0 aliphatic carbocycles. The Balaban J connectivity index is 1.67. The topological polar surface area (TPSA) is 55.4 Å². The molecule has 0 bridgehead atoms. The fourth-order valence-electron chi connectivity index (χ4n) is 2.43. The minimum absolute atomic E-state index is 0.263. The summed E-state index contributed by atoms with van der Waals surface area (Å²) in [6.07, 6.45) is 1.35. The summed E-state index contributed by atoms with van der Waals surface area (Å²) in [4.78, 5) is 24.8. The van der Waals surface area contributed by atoms with Crippen LogP contribution in [-0.2, 0) is 14.3 Å². The zero-order chi connectivity index (χ0) is 19.6. The Kier molecular flexibility index (Phi) is 8.40. The summed E-state index contributed by atoms with van der Waals surface area (Å²) in [7, 11) is 0. The van der Waals surface area contributed by atoms with Crippen molar-refractivity contribution in [1.29, 1.82) is 0 Å². The van der Waals surface area contributed by atoms with Crippen molar-refractivity contribution < 1.29 is 14.3 Å². The predicted molar refractivity (Wildman–Crippen MR) is 111 cm³/mol. The number of benzene rings is 2. The van der Waals surface area contributed by atoms with Crippen molar-refractivity contribution >= 4 is 29.3 Å². The Bertz CT molecular complexity index is 741. The van der Waals surface area contributed by atoms with Crippen molar-refractivity contribution in [2.24, 2.45) is 0 Å². The van der Waals surface area contributed by atoms with E-state index in [0.717, 1.165) is 11.3 Å². The minimum Gasteiger partial charge on any atom is -0.456 e. The van der Waals surface area contributed by atoms with E-state index in [1.807, 2.05) is 55.5 Å². The number of carbonyl (C=O) groups is 2. The van der Waals surface area contributed by atoms with Gasteiger partial charge in [-0.2, -0.15) is 0 Å². The normalized spacial score (nSPS) is 11.7. The maximum absolute atomic E-state index is 11.9. The van der Waals surface area contributed by atoms with Crippen LogP contribution in [0.2, 0.25) is 0 Å². The molecule has 5 heteroatoms. The molecular formula is C22H27NO3S.